The van der Waals surface area contributed by atoms with Crippen molar-refractivity contribution < 1.29 is 9.90 Å². The topological polar surface area (TPSA) is 55.1 Å². The van der Waals surface area contributed by atoms with E-state index in [1.54, 1.807) is 17.7 Å². The van der Waals surface area contributed by atoms with Crippen LogP contribution >= 0.6 is 0 Å². The van der Waals surface area contributed by atoms with Crippen LogP contribution in [0, 0.1) is 5.92 Å². The van der Waals surface area contributed by atoms with E-state index in [0.717, 1.165) is 27.5 Å². The molecule has 1 aliphatic heterocycles. The first-order valence-corrected chi connectivity index (χ1v) is 6.78. The molecule has 0 saturated carbocycles. The SMILES string of the molecule is C[C@@H](O)C1Cc2nccc3c4ccccc4n(c23)C1=O. The van der Waals surface area contributed by atoms with Gasteiger partial charge in [-0.1, -0.05) is 18.2 Å². The van der Waals surface area contributed by atoms with E-state index in [1.165, 1.54) is 0 Å². The average molecular weight is 266 g/mol. The molecule has 3 aromatic rings. The molecule has 0 amide bonds. The summed E-state index contributed by atoms with van der Waals surface area (Å²) in [5.41, 5.74) is 2.69. The van der Waals surface area contributed by atoms with Crippen LogP contribution in [0.5, 0.6) is 0 Å². The van der Waals surface area contributed by atoms with Gasteiger partial charge in [-0.05, 0) is 19.1 Å². The number of carbonyl (C=O) groups is 1. The fourth-order valence-corrected chi connectivity index (χ4v) is 3.20. The zero-order valence-electron chi connectivity index (χ0n) is 11.1. The molecule has 2 atom stereocenters. The van der Waals surface area contributed by atoms with E-state index in [0.29, 0.717) is 6.42 Å². The number of nitrogens with zero attached hydrogens (tertiary/aromatic N) is 2. The molecule has 4 nitrogen and oxygen atoms in total. The van der Waals surface area contributed by atoms with Crippen molar-refractivity contribution in [3.63, 3.8) is 0 Å². The lowest BCUT2D eigenvalue weighted by molar-refractivity contribution is 0.0637. The first-order chi connectivity index (χ1) is 9.68. The van der Waals surface area contributed by atoms with E-state index in [4.69, 9.17) is 0 Å². The number of benzene rings is 1. The van der Waals surface area contributed by atoms with Crippen molar-refractivity contribution in [1.29, 1.82) is 0 Å². The van der Waals surface area contributed by atoms with Gasteiger partial charge >= 0.3 is 0 Å². The quantitative estimate of drug-likeness (QED) is 0.735. The van der Waals surface area contributed by atoms with Crippen molar-refractivity contribution in [1.82, 2.24) is 9.55 Å². The maximum absolute atomic E-state index is 12.7. The van der Waals surface area contributed by atoms with Crippen LogP contribution in [0.4, 0.5) is 0 Å². The molecule has 0 radical (unpaired) electrons. The van der Waals surface area contributed by atoms with Crippen LogP contribution in [0.25, 0.3) is 21.8 Å². The van der Waals surface area contributed by atoms with Gasteiger partial charge in [0.2, 0.25) is 5.91 Å². The first-order valence-electron chi connectivity index (χ1n) is 6.78. The molecule has 0 bridgehead atoms. The van der Waals surface area contributed by atoms with Crippen LogP contribution in [-0.2, 0) is 6.42 Å². The number of rotatable bonds is 1. The fraction of sp³-hybridized carbons (Fsp3) is 0.250. The van der Waals surface area contributed by atoms with Crippen LogP contribution in [0.1, 0.15) is 17.4 Å². The largest absolute Gasteiger partial charge is 0.393 e. The van der Waals surface area contributed by atoms with E-state index in [2.05, 4.69) is 4.98 Å². The third-order valence-electron chi connectivity index (χ3n) is 4.19. The molecule has 20 heavy (non-hydrogen) atoms. The number of para-hydroxylation sites is 1. The highest BCUT2D eigenvalue weighted by molar-refractivity contribution is 6.15. The van der Waals surface area contributed by atoms with Crippen LogP contribution in [-0.4, -0.2) is 26.7 Å². The molecule has 3 heterocycles. The Hall–Kier alpha value is -2.20. The molecule has 0 aliphatic carbocycles. The molecule has 0 spiro atoms. The van der Waals surface area contributed by atoms with Crippen molar-refractivity contribution in [2.75, 3.05) is 0 Å². The minimum Gasteiger partial charge on any atom is -0.393 e. The molecule has 1 unspecified atom stereocenters. The highest BCUT2D eigenvalue weighted by Crippen LogP contribution is 2.35. The molecule has 0 fully saturated rings. The minimum absolute atomic E-state index is 0.0355. The van der Waals surface area contributed by atoms with Gasteiger partial charge in [0.15, 0.2) is 0 Å². The van der Waals surface area contributed by atoms with Crippen LogP contribution < -0.4 is 0 Å². The van der Waals surface area contributed by atoms with Gasteiger partial charge in [0.05, 0.1) is 28.7 Å². The summed E-state index contributed by atoms with van der Waals surface area (Å²) in [4.78, 5) is 17.1. The summed E-state index contributed by atoms with van der Waals surface area (Å²) in [5, 5.41) is 12.0. The molecule has 1 aliphatic rings. The summed E-state index contributed by atoms with van der Waals surface area (Å²) in [6.45, 7) is 1.67. The highest BCUT2D eigenvalue weighted by atomic mass is 16.3. The zero-order valence-corrected chi connectivity index (χ0v) is 11.1. The summed E-state index contributed by atoms with van der Waals surface area (Å²) >= 11 is 0. The van der Waals surface area contributed by atoms with E-state index in [-0.39, 0.29) is 5.91 Å². The maximum atomic E-state index is 12.7. The second kappa shape index (κ2) is 3.90. The number of hydrogen-bond donors (Lipinski definition) is 1. The Labute approximate surface area is 115 Å². The van der Waals surface area contributed by atoms with E-state index in [9.17, 15) is 9.90 Å². The minimum atomic E-state index is -0.672. The summed E-state index contributed by atoms with van der Waals surface area (Å²) in [6, 6.07) is 9.82. The zero-order chi connectivity index (χ0) is 13.9. The van der Waals surface area contributed by atoms with Crippen LogP contribution in [0.2, 0.25) is 0 Å². The Morgan fingerprint density at radius 2 is 2.10 bits per heavy atom. The normalized spacial score (nSPS) is 19.7. The molecule has 1 aromatic carbocycles. The standard InChI is InChI=1S/C16H14N2O2/c1-9(19)12-8-13-15-11(6-7-17-13)10-4-2-3-5-14(10)18(15)16(12)20/h2-7,9,12,19H,8H2,1H3/t9-,12?/m1/s1. The molecule has 4 rings (SSSR count). The lowest BCUT2D eigenvalue weighted by atomic mass is 9.93. The third kappa shape index (κ3) is 1.34. The van der Waals surface area contributed by atoms with E-state index in [1.807, 2.05) is 30.3 Å². The Morgan fingerprint density at radius 1 is 1.30 bits per heavy atom. The number of aromatic nitrogens is 2. The predicted molar refractivity (Wildman–Crippen MR) is 76.7 cm³/mol. The Morgan fingerprint density at radius 3 is 2.90 bits per heavy atom. The van der Waals surface area contributed by atoms with Gasteiger partial charge < -0.3 is 5.11 Å². The summed E-state index contributed by atoms with van der Waals surface area (Å²) in [6.07, 6.45) is 1.61. The Balaban J connectivity index is 2.17. The monoisotopic (exact) mass is 266 g/mol. The second-order valence-electron chi connectivity index (χ2n) is 5.40. The smallest absolute Gasteiger partial charge is 0.237 e. The van der Waals surface area contributed by atoms with Crippen molar-refractivity contribution >= 4 is 27.7 Å². The molecule has 1 N–H and O–H groups in total. The Kier molecular flexibility index (Phi) is 2.26. The summed E-state index contributed by atoms with van der Waals surface area (Å²) in [5.74, 6) is -0.455. The van der Waals surface area contributed by atoms with Gasteiger partial charge in [0.25, 0.3) is 0 Å². The van der Waals surface area contributed by atoms with Gasteiger partial charge in [0, 0.05) is 23.4 Å². The number of fused-ring (bicyclic) bond motifs is 3. The van der Waals surface area contributed by atoms with Gasteiger partial charge in [-0.25, -0.2) is 0 Å². The van der Waals surface area contributed by atoms with Crippen molar-refractivity contribution in [2.45, 2.75) is 19.4 Å². The maximum Gasteiger partial charge on any atom is 0.237 e. The van der Waals surface area contributed by atoms with Gasteiger partial charge in [-0.2, -0.15) is 0 Å². The van der Waals surface area contributed by atoms with E-state index >= 15 is 0 Å². The molecule has 100 valence electrons. The number of carbonyl (C=O) groups excluding carboxylic acids is 1. The predicted octanol–water partition coefficient (Wildman–Crippen LogP) is 2.38. The lowest BCUT2D eigenvalue weighted by Gasteiger charge is -2.24. The summed E-state index contributed by atoms with van der Waals surface area (Å²) < 4.78 is 1.73. The van der Waals surface area contributed by atoms with Gasteiger partial charge in [-0.3, -0.25) is 14.3 Å². The average Bonchev–Trinajstić information content (AvgIpc) is 2.79. The number of aliphatic hydroxyl groups excluding tert-OH is 1. The highest BCUT2D eigenvalue weighted by Gasteiger charge is 2.34. The van der Waals surface area contributed by atoms with Gasteiger partial charge in [-0.15, -0.1) is 0 Å². The molecular weight excluding hydrogens is 252 g/mol. The first kappa shape index (κ1) is 11.6. The van der Waals surface area contributed by atoms with Crippen LogP contribution in [0.15, 0.2) is 36.5 Å². The fourth-order valence-electron chi connectivity index (χ4n) is 3.20. The molecule has 0 saturated heterocycles. The van der Waals surface area contributed by atoms with E-state index < -0.39 is 12.0 Å². The number of aliphatic hydroxyl groups is 1. The third-order valence-corrected chi connectivity index (χ3v) is 4.19. The van der Waals surface area contributed by atoms with Crippen molar-refractivity contribution in [2.24, 2.45) is 5.92 Å². The van der Waals surface area contributed by atoms with Crippen LogP contribution in [0.3, 0.4) is 0 Å². The number of pyridine rings is 1. The molecule has 2 aromatic heterocycles. The summed E-state index contributed by atoms with van der Waals surface area (Å²) in [7, 11) is 0. The molecule has 4 heteroatoms. The Bertz CT molecular complexity index is 848. The van der Waals surface area contributed by atoms with Gasteiger partial charge in [0.1, 0.15) is 0 Å². The second-order valence-corrected chi connectivity index (χ2v) is 5.40. The number of hydrogen-bond acceptors (Lipinski definition) is 3. The van der Waals surface area contributed by atoms with Crippen molar-refractivity contribution in [3.05, 3.63) is 42.2 Å². The molecular formula is C16H14N2O2. The lowest BCUT2D eigenvalue weighted by Crippen LogP contribution is -2.35. The van der Waals surface area contributed by atoms with Crippen molar-refractivity contribution in [3.8, 4) is 0 Å².